The number of hydrogen-bond acceptors (Lipinski definition) is 4. The number of aromatic nitrogens is 2. The SMILES string of the molecule is Cc1ccc(-c2ccccc2)cc1N1C=CN(c2cc(Oc3ccc4c5ccccc5n(-c5cc(C(C)(C)C)ccn5)c4c3)cc(C(C)(C)C)c2)C1. The number of fused-ring (bicyclic) bond motifs is 3. The van der Waals surface area contributed by atoms with Crippen LogP contribution in [0.5, 0.6) is 11.5 Å². The summed E-state index contributed by atoms with van der Waals surface area (Å²) in [6, 6.07) is 43.2. The summed E-state index contributed by atoms with van der Waals surface area (Å²) in [6.45, 7) is 16.4. The van der Waals surface area contributed by atoms with E-state index in [4.69, 9.17) is 9.72 Å². The molecule has 0 radical (unpaired) electrons. The molecule has 0 atom stereocenters. The molecule has 5 nitrogen and oxygen atoms in total. The van der Waals surface area contributed by atoms with Crippen molar-refractivity contribution in [1.29, 1.82) is 0 Å². The molecular weight excluding hydrogens is 637 g/mol. The minimum absolute atomic E-state index is 0.00703. The smallest absolute Gasteiger partial charge is 0.137 e. The van der Waals surface area contributed by atoms with Crippen LogP contribution < -0.4 is 14.5 Å². The third-order valence-corrected chi connectivity index (χ3v) is 10.2. The van der Waals surface area contributed by atoms with Crippen LogP contribution >= 0.6 is 0 Å². The lowest BCUT2D eigenvalue weighted by atomic mass is 9.86. The van der Waals surface area contributed by atoms with E-state index in [1.807, 2.05) is 6.20 Å². The number of nitrogens with zero attached hydrogens (tertiary/aromatic N) is 4. The monoisotopic (exact) mass is 682 g/mol. The molecule has 52 heavy (non-hydrogen) atoms. The van der Waals surface area contributed by atoms with Crippen molar-refractivity contribution in [3.05, 3.63) is 157 Å². The molecule has 7 aromatic rings. The van der Waals surface area contributed by atoms with Crippen molar-refractivity contribution in [2.24, 2.45) is 0 Å². The standard InChI is InChI=1S/C47H46N4O/c1-32-17-18-34(33-13-9-8-10-14-33)25-43(32)50-24-23-49(31-50)37-26-36(47(5,6)7)27-39(29-37)52-38-19-20-41-40-15-11-12-16-42(40)51(44(41)30-38)45-28-35(21-22-48-45)46(2,3)4/h8-30H,31H2,1-7H3. The highest BCUT2D eigenvalue weighted by atomic mass is 16.5. The van der Waals surface area contributed by atoms with E-state index in [2.05, 4.69) is 197 Å². The van der Waals surface area contributed by atoms with Crippen molar-refractivity contribution in [3.63, 3.8) is 0 Å². The Kier molecular flexibility index (Phi) is 8.18. The molecule has 1 aliphatic heterocycles. The number of pyridine rings is 1. The molecule has 0 fully saturated rings. The van der Waals surface area contributed by atoms with Crippen molar-refractivity contribution in [2.75, 3.05) is 16.5 Å². The molecule has 5 heteroatoms. The number of hydrogen-bond donors (Lipinski definition) is 0. The first kappa shape index (κ1) is 33.3. The average molecular weight is 683 g/mol. The van der Waals surface area contributed by atoms with Crippen LogP contribution in [0.15, 0.2) is 140 Å². The molecule has 5 aromatic carbocycles. The number of aryl methyl sites for hydroxylation is 1. The second kappa shape index (κ2) is 12.8. The summed E-state index contributed by atoms with van der Waals surface area (Å²) >= 11 is 0. The second-order valence-corrected chi connectivity index (χ2v) is 16.0. The van der Waals surface area contributed by atoms with E-state index in [-0.39, 0.29) is 10.8 Å². The molecule has 0 bridgehead atoms. The van der Waals surface area contributed by atoms with Crippen molar-refractivity contribution in [2.45, 2.75) is 59.3 Å². The molecule has 2 aromatic heterocycles. The maximum absolute atomic E-state index is 6.78. The lowest BCUT2D eigenvalue weighted by molar-refractivity contribution is 0.479. The van der Waals surface area contributed by atoms with Gasteiger partial charge in [0.25, 0.3) is 0 Å². The Labute approximate surface area is 307 Å². The van der Waals surface area contributed by atoms with E-state index >= 15 is 0 Å². The maximum atomic E-state index is 6.78. The van der Waals surface area contributed by atoms with Gasteiger partial charge in [0.1, 0.15) is 17.3 Å². The molecule has 260 valence electrons. The summed E-state index contributed by atoms with van der Waals surface area (Å²) in [7, 11) is 0. The van der Waals surface area contributed by atoms with Gasteiger partial charge in [-0.1, -0.05) is 102 Å². The number of para-hydroxylation sites is 1. The number of rotatable bonds is 6. The normalized spacial score (nSPS) is 13.4. The van der Waals surface area contributed by atoms with Crippen LogP contribution in [0.3, 0.4) is 0 Å². The van der Waals surface area contributed by atoms with E-state index in [9.17, 15) is 0 Å². The predicted molar refractivity (Wildman–Crippen MR) is 218 cm³/mol. The largest absolute Gasteiger partial charge is 0.457 e. The van der Waals surface area contributed by atoms with Gasteiger partial charge in [0.15, 0.2) is 0 Å². The van der Waals surface area contributed by atoms with Crippen molar-refractivity contribution in [1.82, 2.24) is 9.55 Å². The minimum Gasteiger partial charge on any atom is -0.457 e. The Bertz CT molecular complexity index is 2460. The third-order valence-electron chi connectivity index (χ3n) is 10.2. The Morgan fingerprint density at radius 3 is 2.10 bits per heavy atom. The molecule has 0 saturated carbocycles. The fraction of sp³-hybridized carbons (Fsp3) is 0.213. The molecule has 3 heterocycles. The first-order valence-corrected chi connectivity index (χ1v) is 18.1. The number of ether oxygens (including phenoxy) is 1. The fourth-order valence-corrected chi connectivity index (χ4v) is 7.12. The predicted octanol–water partition coefficient (Wildman–Crippen LogP) is 12.3. The lowest BCUT2D eigenvalue weighted by Crippen LogP contribution is -2.25. The summed E-state index contributed by atoms with van der Waals surface area (Å²) in [5, 5.41) is 2.36. The highest BCUT2D eigenvalue weighted by Crippen LogP contribution is 2.39. The highest BCUT2D eigenvalue weighted by molar-refractivity contribution is 6.09. The molecule has 0 aliphatic carbocycles. The van der Waals surface area contributed by atoms with E-state index < -0.39 is 0 Å². The summed E-state index contributed by atoms with van der Waals surface area (Å²) in [4.78, 5) is 9.48. The Balaban J connectivity index is 1.14. The molecule has 0 saturated heterocycles. The van der Waals surface area contributed by atoms with Gasteiger partial charge < -0.3 is 14.5 Å². The summed E-state index contributed by atoms with van der Waals surface area (Å²) < 4.78 is 9.05. The van der Waals surface area contributed by atoms with Gasteiger partial charge in [-0.3, -0.25) is 4.57 Å². The van der Waals surface area contributed by atoms with Gasteiger partial charge in [0.05, 0.1) is 17.7 Å². The summed E-state index contributed by atoms with van der Waals surface area (Å²) in [5.41, 5.74) is 10.6. The van der Waals surface area contributed by atoms with E-state index in [1.54, 1.807) is 0 Å². The lowest BCUT2D eigenvalue weighted by Gasteiger charge is -2.26. The Hall–Kier alpha value is -5.81. The molecule has 0 unspecified atom stereocenters. The van der Waals surface area contributed by atoms with Crippen molar-refractivity contribution < 1.29 is 4.74 Å². The topological polar surface area (TPSA) is 33.5 Å². The van der Waals surface area contributed by atoms with Gasteiger partial charge in [-0.2, -0.15) is 0 Å². The first-order valence-electron chi connectivity index (χ1n) is 18.1. The van der Waals surface area contributed by atoms with E-state index in [1.165, 1.54) is 44.3 Å². The fourth-order valence-electron chi connectivity index (χ4n) is 7.12. The van der Waals surface area contributed by atoms with Crippen LogP contribution in [0.2, 0.25) is 0 Å². The highest BCUT2D eigenvalue weighted by Gasteiger charge is 2.23. The van der Waals surface area contributed by atoms with Crippen LogP contribution in [-0.4, -0.2) is 16.2 Å². The third kappa shape index (κ3) is 6.32. The van der Waals surface area contributed by atoms with Crippen LogP contribution in [0.1, 0.15) is 58.2 Å². The Morgan fingerprint density at radius 2 is 1.31 bits per heavy atom. The van der Waals surface area contributed by atoms with Crippen molar-refractivity contribution in [3.8, 4) is 28.4 Å². The van der Waals surface area contributed by atoms with Gasteiger partial charge in [0, 0.05) is 52.9 Å². The second-order valence-electron chi connectivity index (χ2n) is 16.0. The molecule has 0 amide bonds. The molecular formula is C47H46N4O. The zero-order chi connectivity index (χ0) is 36.2. The molecule has 0 N–H and O–H groups in total. The molecule has 0 spiro atoms. The summed E-state index contributed by atoms with van der Waals surface area (Å²) in [6.07, 6.45) is 6.27. The number of benzene rings is 5. The summed E-state index contributed by atoms with van der Waals surface area (Å²) in [5.74, 6) is 2.50. The van der Waals surface area contributed by atoms with Gasteiger partial charge in [0.2, 0.25) is 0 Å². The van der Waals surface area contributed by atoms with Crippen LogP contribution in [0.25, 0.3) is 38.8 Å². The van der Waals surface area contributed by atoms with Gasteiger partial charge in [-0.15, -0.1) is 0 Å². The van der Waals surface area contributed by atoms with Crippen LogP contribution in [0, 0.1) is 6.92 Å². The van der Waals surface area contributed by atoms with E-state index in [0.717, 1.165) is 34.0 Å². The quantitative estimate of drug-likeness (QED) is 0.175. The average Bonchev–Trinajstić information content (AvgIpc) is 3.75. The van der Waals surface area contributed by atoms with Crippen molar-refractivity contribution >= 4 is 33.2 Å². The molecule has 1 aliphatic rings. The molecule has 8 rings (SSSR count). The first-order chi connectivity index (χ1) is 24.9. The Morgan fingerprint density at radius 1 is 0.577 bits per heavy atom. The van der Waals surface area contributed by atoms with Gasteiger partial charge in [-0.05, 0) is 94.1 Å². The van der Waals surface area contributed by atoms with Crippen LogP contribution in [0.4, 0.5) is 11.4 Å². The zero-order valence-electron chi connectivity index (χ0n) is 31.2. The minimum atomic E-state index is -0.0715. The van der Waals surface area contributed by atoms with Gasteiger partial charge in [-0.25, -0.2) is 4.98 Å². The number of anilines is 2. The van der Waals surface area contributed by atoms with E-state index in [0.29, 0.717) is 6.67 Å². The van der Waals surface area contributed by atoms with Gasteiger partial charge >= 0.3 is 0 Å². The maximum Gasteiger partial charge on any atom is 0.137 e. The zero-order valence-corrected chi connectivity index (χ0v) is 31.2. The van der Waals surface area contributed by atoms with Crippen LogP contribution in [-0.2, 0) is 10.8 Å².